The van der Waals surface area contributed by atoms with Gasteiger partial charge in [-0.25, -0.2) is 12.8 Å². The standard InChI is InChI=1S/C23H28FN3O4S/c1-16-3-5-21(17(2)13-16)25-8-10-26(11-9-25)23(29)18-4-6-22(20(24)14-18)27-19(15-28)7-12-32(27,30)31/h3-6,13-14,19,28H,7-12,15H2,1-2H3/t19-/m0/s1. The minimum Gasteiger partial charge on any atom is -0.394 e. The van der Waals surface area contributed by atoms with Crippen molar-refractivity contribution in [3.63, 3.8) is 0 Å². The second-order valence-electron chi connectivity index (χ2n) is 8.47. The van der Waals surface area contributed by atoms with Gasteiger partial charge in [-0.05, 0) is 50.1 Å². The summed E-state index contributed by atoms with van der Waals surface area (Å²) in [6.45, 7) is 6.14. The molecule has 2 aromatic rings. The molecule has 0 aromatic heterocycles. The summed E-state index contributed by atoms with van der Waals surface area (Å²) >= 11 is 0. The van der Waals surface area contributed by atoms with Crippen molar-refractivity contribution < 1.29 is 22.7 Å². The third kappa shape index (κ3) is 4.19. The molecular weight excluding hydrogens is 433 g/mol. The molecule has 2 aromatic carbocycles. The molecule has 0 unspecified atom stereocenters. The third-order valence-electron chi connectivity index (χ3n) is 6.24. The molecule has 7 nitrogen and oxygen atoms in total. The molecule has 1 amide bonds. The third-order valence-corrected chi connectivity index (χ3v) is 8.09. The summed E-state index contributed by atoms with van der Waals surface area (Å²) in [5, 5.41) is 9.47. The Morgan fingerprint density at radius 1 is 1.06 bits per heavy atom. The highest BCUT2D eigenvalue weighted by Gasteiger charge is 2.38. The maximum atomic E-state index is 14.9. The number of nitrogens with zero attached hydrogens (tertiary/aromatic N) is 3. The van der Waals surface area contributed by atoms with E-state index in [4.69, 9.17) is 0 Å². The van der Waals surface area contributed by atoms with Crippen LogP contribution in [0.3, 0.4) is 0 Å². The van der Waals surface area contributed by atoms with Crippen LogP contribution < -0.4 is 9.21 Å². The van der Waals surface area contributed by atoms with Crippen LogP contribution in [-0.4, -0.2) is 68.9 Å². The minimum absolute atomic E-state index is 0.127. The van der Waals surface area contributed by atoms with Gasteiger partial charge in [-0.15, -0.1) is 0 Å². The summed E-state index contributed by atoms with van der Waals surface area (Å²) in [6.07, 6.45) is 0.240. The highest BCUT2D eigenvalue weighted by atomic mass is 32.2. The molecule has 0 saturated carbocycles. The lowest BCUT2D eigenvalue weighted by molar-refractivity contribution is 0.0746. The first-order valence-electron chi connectivity index (χ1n) is 10.8. The van der Waals surface area contributed by atoms with Crippen molar-refractivity contribution >= 4 is 27.3 Å². The van der Waals surface area contributed by atoms with Crippen molar-refractivity contribution in [2.24, 2.45) is 0 Å². The summed E-state index contributed by atoms with van der Waals surface area (Å²) in [6, 6.07) is 9.50. The van der Waals surface area contributed by atoms with E-state index < -0.39 is 21.9 Å². The second-order valence-corrected chi connectivity index (χ2v) is 10.4. The predicted molar refractivity (Wildman–Crippen MR) is 122 cm³/mol. The monoisotopic (exact) mass is 461 g/mol. The number of piperazine rings is 1. The summed E-state index contributed by atoms with van der Waals surface area (Å²) in [4.78, 5) is 16.9. The quantitative estimate of drug-likeness (QED) is 0.756. The van der Waals surface area contributed by atoms with E-state index in [1.807, 2.05) is 0 Å². The molecule has 32 heavy (non-hydrogen) atoms. The highest BCUT2D eigenvalue weighted by Crippen LogP contribution is 2.32. The van der Waals surface area contributed by atoms with E-state index in [1.165, 1.54) is 23.3 Å². The molecular formula is C23H28FN3O4S. The van der Waals surface area contributed by atoms with Gasteiger partial charge in [0.1, 0.15) is 5.82 Å². The highest BCUT2D eigenvalue weighted by molar-refractivity contribution is 7.93. The fourth-order valence-electron chi connectivity index (χ4n) is 4.55. The molecule has 2 aliphatic rings. The lowest BCUT2D eigenvalue weighted by Gasteiger charge is -2.37. The summed E-state index contributed by atoms with van der Waals surface area (Å²) in [7, 11) is -3.68. The first kappa shape index (κ1) is 22.5. The molecule has 2 aliphatic heterocycles. The first-order valence-corrected chi connectivity index (χ1v) is 12.4. The molecule has 0 bridgehead atoms. The number of sulfonamides is 1. The Morgan fingerprint density at radius 2 is 1.75 bits per heavy atom. The Balaban J connectivity index is 1.47. The number of hydrogen-bond donors (Lipinski definition) is 1. The van der Waals surface area contributed by atoms with E-state index in [1.54, 1.807) is 4.90 Å². The maximum Gasteiger partial charge on any atom is 0.254 e. The molecule has 4 rings (SSSR count). The molecule has 0 radical (unpaired) electrons. The average molecular weight is 462 g/mol. The van der Waals surface area contributed by atoms with Crippen LogP contribution in [0.4, 0.5) is 15.8 Å². The van der Waals surface area contributed by atoms with Crippen LogP contribution >= 0.6 is 0 Å². The Morgan fingerprint density at radius 3 is 2.38 bits per heavy atom. The van der Waals surface area contributed by atoms with Crippen LogP contribution in [0.15, 0.2) is 36.4 Å². The van der Waals surface area contributed by atoms with Gasteiger partial charge in [-0.2, -0.15) is 0 Å². The van der Waals surface area contributed by atoms with E-state index in [0.717, 1.165) is 16.1 Å². The maximum absolute atomic E-state index is 14.9. The van der Waals surface area contributed by atoms with Crippen LogP contribution in [0.1, 0.15) is 27.9 Å². The lowest BCUT2D eigenvalue weighted by atomic mass is 10.1. The summed E-state index contributed by atoms with van der Waals surface area (Å²) in [5.41, 5.74) is 3.61. The Labute approximate surface area is 188 Å². The minimum atomic E-state index is -3.68. The zero-order valence-electron chi connectivity index (χ0n) is 18.3. The van der Waals surface area contributed by atoms with Gasteiger partial charge < -0.3 is 14.9 Å². The number of aryl methyl sites for hydroxylation is 2. The van der Waals surface area contributed by atoms with Crippen molar-refractivity contribution in [3.8, 4) is 0 Å². The molecule has 0 spiro atoms. The normalized spacial score (nSPS) is 20.6. The van der Waals surface area contributed by atoms with Crippen molar-refractivity contribution in [1.29, 1.82) is 0 Å². The summed E-state index contributed by atoms with van der Waals surface area (Å²) in [5.74, 6) is -1.20. The number of aliphatic hydroxyl groups excluding tert-OH is 1. The fraction of sp³-hybridized carbons (Fsp3) is 0.435. The topological polar surface area (TPSA) is 81.2 Å². The lowest BCUT2D eigenvalue weighted by Crippen LogP contribution is -2.49. The Bertz CT molecular complexity index is 1130. The number of halogens is 1. The number of carbonyl (C=O) groups is 1. The molecule has 1 N–H and O–H groups in total. The van der Waals surface area contributed by atoms with Gasteiger partial charge in [0.15, 0.2) is 0 Å². The molecule has 2 fully saturated rings. The van der Waals surface area contributed by atoms with E-state index in [0.29, 0.717) is 26.2 Å². The number of amides is 1. The van der Waals surface area contributed by atoms with Crippen LogP contribution in [0.5, 0.6) is 0 Å². The van der Waals surface area contributed by atoms with Crippen LogP contribution in [-0.2, 0) is 10.0 Å². The number of carbonyl (C=O) groups excluding carboxylic acids is 1. The Kier molecular flexibility index (Phi) is 6.13. The molecule has 9 heteroatoms. The van der Waals surface area contributed by atoms with Crippen molar-refractivity contribution in [3.05, 3.63) is 58.9 Å². The number of benzene rings is 2. The van der Waals surface area contributed by atoms with Gasteiger partial charge in [0.2, 0.25) is 10.0 Å². The van der Waals surface area contributed by atoms with Crippen LogP contribution in [0.2, 0.25) is 0 Å². The number of aliphatic hydroxyl groups is 1. The zero-order chi connectivity index (χ0) is 23.0. The fourth-order valence-corrected chi connectivity index (χ4v) is 6.39. The van der Waals surface area contributed by atoms with Crippen LogP contribution in [0, 0.1) is 19.7 Å². The second kappa shape index (κ2) is 8.71. The van der Waals surface area contributed by atoms with Crippen molar-refractivity contribution in [2.75, 3.05) is 47.7 Å². The van der Waals surface area contributed by atoms with Gasteiger partial charge >= 0.3 is 0 Å². The van der Waals surface area contributed by atoms with Gasteiger partial charge in [0.05, 0.1) is 24.1 Å². The first-order chi connectivity index (χ1) is 15.2. The van der Waals surface area contributed by atoms with Crippen molar-refractivity contribution in [2.45, 2.75) is 26.3 Å². The average Bonchev–Trinajstić information content (AvgIpc) is 3.07. The molecule has 0 aliphatic carbocycles. The van der Waals surface area contributed by atoms with E-state index in [-0.39, 0.29) is 35.9 Å². The van der Waals surface area contributed by atoms with E-state index in [2.05, 4.69) is 36.9 Å². The SMILES string of the molecule is Cc1ccc(N2CCN(C(=O)c3ccc(N4[C@H](CO)CCS4(=O)=O)c(F)c3)CC2)c(C)c1. The van der Waals surface area contributed by atoms with Gasteiger partial charge in [-0.1, -0.05) is 17.7 Å². The summed E-state index contributed by atoms with van der Waals surface area (Å²) < 4.78 is 40.4. The van der Waals surface area contributed by atoms with E-state index in [9.17, 15) is 22.7 Å². The smallest absolute Gasteiger partial charge is 0.254 e. The largest absolute Gasteiger partial charge is 0.394 e. The molecule has 172 valence electrons. The predicted octanol–water partition coefficient (Wildman–Crippen LogP) is 2.31. The molecule has 2 heterocycles. The van der Waals surface area contributed by atoms with Crippen molar-refractivity contribution in [1.82, 2.24) is 4.90 Å². The van der Waals surface area contributed by atoms with Gasteiger partial charge in [-0.3, -0.25) is 9.10 Å². The van der Waals surface area contributed by atoms with Crippen LogP contribution in [0.25, 0.3) is 0 Å². The Hall–Kier alpha value is -2.65. The van der Waals surface area contributed by atoms with Gasteiger partial charge in [0, 0.05) is 37.4 Å². The molecule has 1 atom stereocenters. The van der Waals surface area contributed by atoms with E-state index >= 15 is 0 Å². The number of hydrogen-bond acceptors (Lipinski definition) is 5. The molecule has 2 saturated heterocycles. The van der Waals surface area contributed by atoms with Gasteiger partial charge in [0.25, 0.3) is 5.91 Å². The number of anilines is 2. The zero-order valence-corrected chi connectivity index (χ0v) is 19.1. The number of rotatable bonds is 4.